The van der Waals surface area contributed by atoms with Crippen LogP contribution in [0.1, 0.15) is 19.8 Å². The molecule has 0 heterocycles. The summed E-state index contributed by atoms with van der Waals surface area (Å²) in [6.07, 6.45) is 1.63. The number of phenols is 1. The molecule has 90 valence electrons. The molecule has 1 aromatic carbocycles. The van der Waals surface area contributed by atoms with Gasteiger partial charge in [0, 0.05) is 6.54 Å². The van der Waals surface area contributed by atoms with Gasteiger partial charge >= 0.3 is 10.3 Å². The molecule has 6 heteroatoms. The average Bonchev–Trinajstić information content (AvgIpc) is 2.21. The lowest BCUT2D eigenvalue weighted by Gasteiger charge is -2.08. The van der Waals surface area contributed by atoms with E-state index in [-0.39, 0.29) is 11.5 Å². The molecule has 0 fully saturated rings. The van der Waals surface area contributed by atoms with Crippen LogP contribution in [0.2, 0.25) is 0 Å². The number of nitrogens with one attached hydrogen (secondary N) is 1. The van der Waals surface area contributed by atoms with Crippen molar-refractivity contribution in [3.05, 3.63) is 24.3 Å². The summed E-state index contributed by atoms with van der Waals surface area (Å²) >= 11 is 0. The standard InChI is InChI=1S/C10H15NO4S/c1-2-3-8-11-16(13,14)15-10-7-5-4-6-9(10)12/h4-7,11-12H,2-3,8H2,1H3. The highest BCUT2D eigenvalue weighted by Gasteiger charge is 2.13. The fourth-order valence-electron chi connectivity index (χ4n) is 1.05. The molecule has 0 aliphatic carbocycles. The minimum Gasteiger partial charge on any atom is -0.504 e. The van der Waals surface area contributed by atoms with Gasteiger partial charge in [-0.25, -0.2) is 0 Å². The molecule has 5 nitrogen and oxygen atoms in total. The zero-order valence-electron chi connectivity index (χ0n) is 9.01. The van der Waals surface area contributed by atoms with Crippen LogP contribution in [0.4, 0.5) is 0 Å². The van der Waals surface area contributed by atoms with Crippen molar-refractivity contribution in [3.8, 4) is 11.5 Å². The number of hydrogen-bond acceptors (Lipinski definition) is 4. The van der Waals surface area contributed by atoms with Crippen LogP contribution in [0.5, 0.6) is 11.5 Å². The molecular weight excluding hydrogens is 230 g/mol. The first kappa shape index (κ1) is 12.8. The van der Waals surface area contributed by atoms with Crippen LogP contribution >= 0.6 is 0 Å². The Morgan fingerprint density at radius 3 is 2.69 bits per heavy atom. The maximum absolute atomic E-state index is 11.4. The van der Waals surface area contributed by atoms with E-state index in [1.165, 1.54) is 12.1 Å². The van der Waals surface area contributed by atoms with E-state index in [0.29, 0.717) is 6.54 Å². The zero-order chi connectivity index (χ0) is 12.0. The number of aromatic hydroxyl groups is 1. The maximum atomic E-state index is 11.4. The highest BCUT2D eigenvalue weighted by molar-refractivity contribution is 7.85. The van der Waals surface area contributed by atoms with E-state index >= 15 is 0 Å². The molecule has 0 amide bonds. The fourth-order valence-corrected chi connectivity index (χ4v) is 1.88. The minimum atomic E-state index is -3.84. The van der Waals surface area contributed by atoms with Gasteiger partial charge < -0.3 is 9.29 Å². The Hall–Kier alpha value is -1.27. The molecule has 0 spiro atoms. The average molecular weight is 245 g/mol. The van der Waals surface area contributed by atoms with Crippen molar-refractivity contribution in [1.29, 1.82) is 0 Å². The lowest BCUT2D eigenvalue weighted by Crippen LogP contribution is -2.29. The second-order valence-electron chi connectivity index (χ2n) is 3.25. The molecule has 0 radical (unpaired) electrons. The quantitative estimate of drug-likeness (QED) is 0.743. The maximum Gasteiger partial charge on any atom is 0.382 e. The Morgan fingerprint density at radius 1 is 1.38 bits per heavy atom. The number of phenolic OH excluding ortho intramolecular Hbond substituents is 1. The number of hydrogen-bond donors (Lipinski definition) is 2. The van der Waals surface area contributed by atoms with Crippen molar-refractivity contribution in [3.63, 3.8) is 0 Å². The molecule has 2 N–H and O–H groups in total. The topological polar surface area (TPSA) is 75.6 Å². The van der Waals surface area contributed by atoms with E-state index in [4.69, 9.17) is 4.18 Å². The lowest BCUT2D eigenvalue weighted by molar-refractivity contribution is 0.422. The predicted octanol–water partition coefficient (Wildman–Crippen LogP) is 1.41. The molecule has 0 atom stereocenters. The number of para-hydroxylation sites is 2. The molecule has 0 unspecified atom stereocenters. The van der Waals surface area contributed by atoms with Gasteiger partial charge in [-0.15, -0.1) is 0 Å². The first-order valence-corrected chi connectivity index (χ1v) is 6.43. The second kappa shape index (κ2) is 5.72. The smallest absolute Gasteiger partial charge is 0.382 e. The molecule has 0 aromatic heterocycles. The van der Waals surface area contributed by atoms with Crippen molar-refractivity contribution < 1.29 is 17.7 Å². The summed E-state index contributed by atoms with van der Waals surface area (Å²) in [5, 5.41) is 9.33. The predicted molar refractivity (Wildman–Crippen MR) is 60.6 cm³/mol. The van der Waals surface area contributed by atoms with Gasteiger partial charge in [0.25, 0.3) is 0 Å². The van der Waals surface area contributed by atoms with Gasteiger partial charge in [-0.3, -0.25) is 0 Å². The Balaban J connectivity index is 2.63. The van der Waals surface area contributed by atoms with E-state index in [9.17, 15) is 13.5 Å². The van der Waals surface area contributed by atoms with Gasteiger partial charge in [-0.1, -0.05) is 25.5 Å². The first-order chi connectivity index (χ1) is 7.55. The molecular formula is C10H15NO4S. The molecule has 0 saturated heterocycles. The molecule has 16 heavy (non-hydrogen) atoms. The van der Waals surface area contributed by atoms with Crippen LogP contribution in [0.25, 0.3) is 0 Å². The highest BCUT2D eigenvalue weighted by atomic mass is 32.2. The second-order valence-corrected chi connectivity index (χ2v) is 4.62. The van der Waals surface area contributed by atoms with Gasteiger partial charge in [0.2, 0.25) is 0 Å². The van der Waals surface area contributed by atoms with Gasteiger partial charge in [0.05, 0.1) is 0 Å². The van der Waals surface area contributed by atoms with E-state index in [1.54, 1.807) is 12.1 Å². The number of unbranched alkanes of at least 4 members (excludes halogenated alkanes) is 1. The molecule has 1 rings (SSSR count). The number of benzene rings is 1. The Labute approximate surface area is 95.3 Å². The molecule has 0 bridgehead atoms. The minimum absolute atomic E-state index is 0.0773. The van der Waals surface area contributed by atoms with Crippen molar-refractivity contribution in [2.45, 2.75) is 19.8 Å². The zero-order valence-corrected chi connectivity index (χ0v) is 9.83. The SMILES string of the molecule is CCCCNS(=O)(=O)Oc1ccccc1O. The van der Waals surface area contributed by atoms with E-state index in [1.807, 2.05) is 6.92 Å². The molecule has 0 saturated carbocycles. The van der Waals surface area contributed by atoms with Crippen LogP contribution in [0.3, 0.4) is 0 Å². The summed E-state index contributed by atoms with van der Waals surface area (Å²) in [5.41, 5.74) is 0. The van der Waals surface area contributed by atoms with E-state index in [0.717, 1.165) is 12.8 Å². The summed E-state index contributed by atoms with van der Waals surface area (Å²) in [6.45, 7) is 2.28. The summed E-state index contributed by atoms with van der Waals surface area (Å²) in [5.74, 6) is -0.283. The molecule has 0 aliphatic rings. The van der Waals surface area contributed by atoms with Crippen LogP contribution in [-0.2, 0) is 10.3 Å². The van der Waals surface area contributed by atoms with Crippen LogP contribution < -0.4 is 8.91 Å². The number of rotatable bonds is 6. The lowest BCUT2D eigenvalue weighted by atomic mass is 10.3. The normalized spacial score (nSPS) is 11.3. The molecule has 1 aromatic rings. The van der Waals surface area contributed by atoms with Crippen LogP contribution in [0.15, 0.2) is 24.3 Å². The van der Waals surface area contributed by atoms with Gasteiger partial charge in [0.15, 0.2) is 11.5 Å². The summed E-state index contributed by atoms with van der Waals surface area (Å²) < 4.78 is 29.7. The monoisotopic (exact) mass is 245 g/mol. The van der Waals surface area contributed by atoms with Crippen LogP contribution in [-0.4, -0.2) is 20.1 Å². The highest BCUT2D eigenvalue weighted by Crippen LogP contribution is 2.25. The fraction of sp³-hybridized carbons (Fsp3) is 0.400. The van der Waals surface area contributed by atoms with Crippen molar-refractivity contribution >= 4 is 10.3 Å². The van der Waals surface area contributed by atoms with E-state index in [2.05, 4.69) is 4.72 Å². The van der Waals surface area contributed by atoms with Crippen molar-refractivity contribution in [2.75, 3.05) is 6.54 Å². The summed E-state index contributed by atoms with van der Waals surface area (Å²) in [7, 11) is -3.84. The van der Waals surface area contributed by atoms with Gasteiger partial charge in [0.1, 0.15) is 0 Å². The third-order valence-corrected chi connectivity index (χ3v) is 2.83. The molecule has 0 aliphatic heterocycles. The van der Waals surface area contributed by atoms with Gasteiger partial charge in [-0.05, 0) is 18.6 Å². The van der Waals surface area contributed by atoms with Crippen LogP contribution in [0, 0.1) is 0 Å². The Kier molecular flexibility index (Phi) is 4.57. The Bertz CT molecular complexity index is 430. The Morgan fingerprint density at radius 2 is 2.06 bits per heavy atom. The summed E-state index contributed by atoms with van der Waals surface area (Å²) in [4.78, 5) is 0. The van der Waals surface area contributed by atoms with E-state index < -0.39 is 10.3 Å². The third kappa shape index (κ3) is 4.08. The van der Waals surface area contributed by atoms with Gasteiger partial charge in [-0.2, -0.15) is 13.1 Å². The third-order valence-electron chi connectivity index (χ3n) is 1.87. The summed E-state index contributed by atoms with van der Waals surface area (Å²) in [6, 6.07) is 5.90. The van der Waals surface area contributed by atoms with Crippen molar-refractivity contribution in [1.82, 2.24) is 4.72 Å². The largest absolute Gasteiger partial charge is 0.504 e. The first-order valence-electron chi connectivity index (χ1n) is 5.02. The van der Waals surface area contributed by atoms with Crippen molar-refractivity contribution in [2.24, 2.45) is 0 Å².